The lowest BCUT2D eigenvalue weighted by atomic mass is 9.96. The van der Waals surface area contributed by atoms with Gasteiger partial charge >= 0.3 is 0 Å². The van der Waals surface area contributed by atoms with Crippen LogP contribution in [0.15, 0.2) is 12.1 Å². The van der Waals surface area contributed by atoms with Gasteiger partial charge in [0.05, 0.1) is 0 Å². The number of aryl methyl sites for hydroxylation is 1. The molecule has 0 spiro atoms. The zero-order valence-corrected chi connectivity index (χ0v) is 8.31. The molecule has 4 heteroatoms. The third-order valence-corrected chi connectivity index (χ3v) is 2.59. The Labute approximate surface area is 86.3 Å². The van der Waals surface area contributed by atoms with Gasteiger partial charge in [-0.15, -0.1) is 0 Å². The maximum atomic E-state index is 13.4. The van der Waals surface area contributed by atoms with Crippen LogP contribution in [0.25, 0.3) is 0 Å². The van der Waals surface area contributed by atoms with Gasteiger partial charge in [0.25, 0.3) is 0 Å². The van der Waals surface area contributed by atoms with Crippen LogP contribution in [-0.4, -0.2) is 11.9 Å². The molecule has 1 aromatic carbocycles. The van der Waals surface area contributed by atoms with E-state index in [4.69, 9.17) is 0 Å². The van der Waals surface area contributed by atoms with Crippen LogP contribution in [0.3, 0.4) is 0 Å². The Bertz CT molecular complexity index is 409. The molecule has 1 atom stereocenters. The third kappa shape index (κ3) is 1.98. The second kappa shape index (κ2) is 3.61. The average molecular weight is 211 g/mol. The molecule has 1 unspecified atom stereocenters. The predicted octanol–water partition coefficient (Wildman–Crippen LogP) is 1.70. The Morgan fingerprint density at radius 1 is 1.40 bits per heavy atom. The summed E-state index contributed by atoms with van der Waals surface area (Å²) in [6, 6.07) is 2.34. The maximum Gasteiger partial charge on any atom is 0.222 e. The van der Waals surface area contributed by atoms with Crippen molar-refractivity contribution in [3.63, 3.8) is 0 Å². The number of nitrogens with one attached hydrogen (secondary N) is 1. The van der Waals surface area contributed by atoms with Crippen LogP contribution in [0.1, 0.15) is 17.5 Å². The van der Waals surface area contributed by atoms with E-state index in [0.717, 1.165) is 0 Å². The van der Waals surface area contributed by atoms with Crippen molar-refractivity contribution in [3.8, 4) is 0 Å². The summed E-state index contributed by atoms with van der Waals surface area (Å²) < 4.78 is 26.5. The number of hydrogen-bond acceptors (Lipinski definition) is 1. The third-order valence-electron chi connectivity index (χ3n) is 2.59. The Kier molecular flexibility index (Phi) is 2.42. The topological polar surface area (TPSA) is 29.1 Å². The van der Waals surface area contributed by atoms with Gasteiger partial charge in [0.15, 0.2) is 0 Å². The molecule has 0 radical (unpaired) electrons. The number of carbonyl (C=O) groups excluding carboxylic acids is 1. The van der Waals surface area contributed by atoms with Gasteiger partial charge in [-0.1, -0.05) is 0 Å². The van der Waals surface area contributed by atoms with Crippen LogP contribution in [0.5, 0.6) is 0 Å². The minimum atomic E-state index is -0.407. The van der Waals surface area contributed by atoms with Gasteiger partial charge in [-0.3, -0.25) is 4.79 Å². The molecule has 1 aromatic rings. The van der Waals surface area contributed by atoms with Crippen LogP contribution >= 0.6 is 0 Å². The van der Waals surface area contributed by atoms with Crippen molar-refractivity contribution in [2.45, 2.75) is 25.8 Å². The zero-order valence-electron chi connectivity index (χ0n) is 8.31. The summed E-state index contributed by atoms with van der Waals surface area (Å²) >= 11 is 0. The smallest absolute Gasteiger partial charge is 0.222 e. The van der Waals surface area contributed by atoms with E-state index in [2.05, 4.69) is 5.32 Å². The van der Waals surface area contributed by atoms with Gasteiger partial charge in [-0.2, -0.15) is 0 Å². The van der Waals surface area contributed by atoms with Gasteiger partial charge in [0.1, 0.15) is 11.6 Å². The van der Waals surface area contributed by atoms with E-state index in [1.165, 1.54) is 19.1 Å². The van der Waals surface area contributed by atoms with E-state index in [9.17, 15) is 13.6 Å². The monoisotopic (exact) mass is 211 g/mol. The summed E-state index contributed by atoms with van der Waals surface area (Å²) in [4.78, 5) is 10.6. The molecule has 2 rings (SSSR count). The molecule has 80 valence electrons. The van der Waals surface area contributed by atoms with Gasteiger partial charge < -0.3 is 5.32 Å². The minimum absolute atomic E-state index is 0.0343. The van der Waals surface area contributed by atoms with Crippen molar-refractivity contribution in [2.24, 2.45) is 0 Å². The summed E-state index contributed by atoms with van der Waals surface area (Å²) in [5.41, 5.74) is 0.622. The summed E-state index contributed by atoms with van der Waals surface area (Å²) in [7, 11) is 0. The molecule has 0 aliphatic carbocycles. The van der Waals surface area contributed by atoms with Gasteiger partial charge in [0, 0.05) is 12.5 Å². The number of benzene rings is 1. The van der Waals surface area contributed by atoms with Crippen molar-refractivity contribution in [3.05, 3.63) is 34.9 Å². The highest BCUT2D eigenvalue weighted by atomic mass is 19.1. The summed E-state index contributed by atoms with van der Waals surface area (Å²) in [5, 5.41) is 2.62. The fourth-order valence-corrected chi connectivity index (χ4v) is 1.66. The second-order valence-electron chi connectivity index (χ2n) is 3.87. The zero-order chi connectivity index (χ0) is 11.0. The van der Waals surface area contributed by atoms with Gasteiger partial charge in [0.2, 0.25) is 5.91 Å². The highest BCUT2D eigenvalue weighted by Crippen LogP contribution is 2.18. The number of rotatable bonds is 2. The lowest BCUT2D eigenvalue weighted by Gasteiger charge is -2.27. The Balaban J connectivity index is 2.14. The number of halogens is 2. The first kappa shape index (κ1) is 10.1. The molecule has 1 aliphatic heterocycles. The number of hydrogen-bond donors (Lipinski definition) is 1. The minimum Gasteiger partial charge on any atom is -0.352 e. The molecule has 0 bridgehead atoms. The first-order chi connectivity index (χ1) is 7.06. The van der Waals surface area contributed by atoms with Crippen molar-refractivity contribution in [1.29, 1.82) is 0 Å². The number of amides is 1. The van der Waals surface area contributed by atoms with E-state index in [1.54, 1.807) is 0 Å². The maximum absolute atomic E-state index is 13.4. The molecule has 2 nitrogen and oxygen atoms in total. The Morgan fingerprint density at radius 3 is 2.67 bits per heavy atom. The second-order valence-corrected chi connectivity index (χ2v) is 3.87. The number of carbonyl (C=O) groups is 1. The summed E-state index contributed by atoms with van der Waals surface area (Å²) in [5.74, 6) is -0.847. The van der Waals surface area contributed by atoms with Crippen LogP contribution < -0.4 is 5.32 Å². The van der Waals surface area contributed by atoms with E-state index in [-0.39, 0.29) is 11.9 Å². The molecular formula is C11H11F2NO. The largest absolute Gasteiger partial charge is 0.352 e. The van der Waals surface area contributed by atoms with Gasteiger partial charge in [-0.05, 0) is 36.6 Å². The van der Waals surface area contributed by atoms with E-state index < -0.39 is 11.6 Å². The first-order valence-corrected chi connectivity index (χ1v) is 4.80. The molecule has 1 N–H and O–H groups in total. The predicted molar refractivity (Wildman–Crippen MR) is 51.3 cm³/mol. The van der Waals surface area contributed by atoms with E-state index in [0.29, 0.717) is 24.0 Å². The fraction of sp³-hybridized carbons (Fsp3) is 0.364. The highest BCUT2D eigenvalue weighted by molar-refractivity contribution is 5.82. The number of β-lactam (4-membered cyclic amide) rings is 1. The fourth-order valence-electron chi connectivity index (χ4n) is 1.66. The van der Waals surface area contributed by atoms with Crippen LogP contribution in [-0.2, 0) is 11.2 Å². The molecule has 0 saturated carbocycles. The standard InChI is InChI=1S/C11H11F2NO/c1-6-2-10(13)7(4-9(6)12)3-8-5-11(15)14-8/h2,4,8H,3,5H2,1H3,(H,14,15). The quantitative estimate of drug-likeness (QED) is 0.741. The SMILES string of the molecule is Cc1cc(F)c(CC2CC(=O)N2)cc1F. The molecule has 1 amide bonds. The van der Waals surface area contributed by atoms with Crippen molar-refractivity contribution >= 4 is 5.91 Å². The molecule has 1 aliphatic rings. The van der Waals surface area contributed by atoms with E-state index in [1.807, 2.05) is 0 Å². The van der Waals surface area contributed by atoms with Crippen LogP contribution in [0, 0.1) is 18.6 Å². The lowest BCUT2D eigenvalue weighted by molar-refractivity contribution is -0.128. The highest BCUT2D eigenvalue weighted by Gasteiger charge is 2.26. The molecule has 0 aromatic heterocycles. The summed E-state index contributed by atoms with van der Waals surface area (Å²) in [6.07, 6.45) is 0.754. The van der Waals surface area contributed by atoms with Crippen molar-refractivity contribution < 1.29 is 13.6 Å². The lowest BCUT2D eigenvalue weighted by Crippen LogP contribution is -2.49. The molecule has 1 saturated heterocycles. The summed E-state index contributed by atoms with van der Waals surface area (Å²) in [6.45, 7) is 1.52. The molecule has 15 heavy (non-hydrogen) atoms. The Hall–Kier alpha value is -1.45. The van der Waals surface area contributed by atoms with E-state index >= 15 is 0 Å². The Morgan fingerprint density at radius 2 is 2.07 bits per heavy atom. The van der Waals surface area contributed by atoms with Gasteiger partial charge in [-0.25, -0.2) is 8.78 Å². The molecular weight excluding hydrogens is 200 g/mol. The molecule has 1 fully saturated rings. The van der Waals surface area contributed by atoms with Crippen LogP contribution in [0.4, 0.5) is 8.78 Å². The van der Waals surface area contributed by atoms with Crippen molar-refractivity contribution in [1.82, 2.24) is 5.32 Å². The van der Waals surface area contributed by atoms with Crippen molar-refractivity contribution in [2.75, 3.05) is 0 Å². The van der Waals surface area contributed by atoms with Crippen LogP contribution in [0.2, 0.25) is 0 Å². The normalized spacial score (nSPS) is 19.7. The molecule has 1 heterocycles. The first-order valence-electron chi connectivity index (χ1n) is 4.80. The average Bonchev–Trinajstić information content (AvgIpc) is 2.11.